The Hall–Kier alpha value is -1.83. The number of urea groups is 3. The molecule has 8 nitrogen and oxygen atoms in total. The van der Waals surface area contributed by atoms with Crippen LogP contribution in [-0.2, 0) is 0 Å². The lowest BCUT2D eigenvalue weighted by molar-refractivity contribution is 0.150. The van der Waals surface area contributed by atoms with Crippen molar-refractivity contribution in [2.24, 2.45) is 0 Å². The molecule has 0 aromatic carbocycles. The Morgan fingerprint density at radius 2 is 1.36 bits per heavy atom. The van der Waals surface area contributed by atoms with Gasteiger partial charge in [0.05, 0.1) is 0 Å². The molecule has 1 aliphatic rings. The first-order valence-electron chi connectivity index (χ1n) is 9.47. The van der Waals surface area contributed by atoms with Crippen molar-refractivity contribution in [3.05, 3.63) is 0 Å². The first kappa shape index (κ1) is 21.2. The Labute approximate surface area is 150 Å². The van der Waals surface area contributed by atoms with Crippen LogP contribution in [0, 0.1) is 0 Å². The molecule has 0 unspecified atom stereocenters. The second-order valence-corrected chi connectivity index (χ2v) is 6.23. The Morgan fingerprint density at radius 1 is 0.880 bits per heavy atom. The van der Waals surface area contributed by atoms with Crippen molar-refractivity contribution in [1.29, 1.82) is 0 Å². The summed E-state index contributed by atoms with van der Waals surface area (Å²) in [6.07, 6.45) is 5.73. The Bertz CT molecular complexity index is 401. The molecule has 3 N–H and O–H groups in total. The van der Waals surface area contributed by atoms with Gasteiger partial charge in [-0.15, -0.1) is 0 Å². The lowest BCUT2D eigenvalue weighted by Crippen LogP contribution is -2.58. The quantitative estimate of drug-likeness (QED) is 0.581. The van der Waals surface area contributed by atoms with Crippen LogP contribution in [-0.4, -0.2) is 67.2 Å². The number of nitrogens with zero attached hydrogens (tertiary/aromatic N) is 2. The summed E-state index contributed by atoms with van der Waals surface area (Å²) in [6.45, 7) is 7.37. The number of nitrogens with one attached hydrogen (secondary N) is 3. The van der Waals surface area contributed by atoms with Gasteiger partial charge < -0.3 is 20.9 Å². The van der Waals surface area contributed by atoms with Gasteiger partial charge in [-0.25, -0.2) is 14.4 Å². The fourth-order valence-corrected chi connectivity index (χ4v) is 2.56. The summed E-state index contributed by atoms with van der Waals surface area (Å²) in [7, 11) is 0. The molecule has 0 spiro atoms. The van der Waals surface area contributed by atoms with Crippen LogP contribution in [0.1, 0.15) is 52.4 Å². The highest BCUT2D eigenvalue weighted by Crippen LogP contribution is 2.04. The van der Waals surface area contributed by atoms with E-state index in [1.165, 1.54) is 4.90 Å². The minimum absolute atomic E-state index is 0.459. The summed E-state index contributed by atoms with van der Waals surface area (Å²) in [5.41, 5.74) is 0. The number of carbonyl (C=O) groups is 3. The molecule has 144 valence electrons. The molecule has 1 fully saturated rings. The molecular weight excluding hydrogens is 322 g/mol. The molecule has 8 heteroatoms. The van der Waals surface area contributed by atoms with E-state index in [9.17, 15) is 14.4 Å². The Kier molecular flexibility index (Phi) is 10.6. The molecule has 1 rings (SSSR count). The molecule has 0 aliphatic carbocycles. The van der Waals surface area contributed by atoms with Crippen LogP contribution in [0.25, 0.3) is 0 Å². The lowest BCUT2D eigenvalue weighted by atomic mass is 10.2. The van der Waals surface area contributed by atoms with Gasteiger partial charge in [0.25, 0.3) is 0 Å². The maximum Gasteiger partial charge on any atom is 0.336 e. The van der Waals surface area contributed by atoms with E-state index >= 15 is 0 Å². The van der Waals surface area contributed by atoms with E-state index in [0.717, 1.165) is 38.5 Å². The predicted molar refractivity (Wildman–Crippen MR) is 97.5 cm³/mol. The molecule has 25 heavy (non-hydrogen) atoms. The van der Waals surface area contributed by atoms with E-state index < -0.39 is 18.1 Å². The number of hydrogen-bond acceptors (Lipinski definition) is 4. The fraction of sp³-hybridized carbons (Fsp3) is 0.824. The largest absolute Gasteiger partial charge is 0.337 e. The van der Waals surface area contributed by atoms with Gasteiger partial charge in [-0.05, 0) is 12.8 Å². The van der Waals surface area contributed by atoms with Gasteiger partial charge in [-0.3, -0.25) is 0 Å². The van der Waals surface area contributed by atoms with Crippen molar-refractivity contribution in [3.8, 4) is 0 Å². The van der Waals surface area contributed by atoms with E-state index in [0.29, 0.717) is 44.2 Å². The van der Waals surface area contributed by atoms with Crippen molar-refractivity contribution in [2.75, 3.05) is 39.3 Å². The van der Waals surface area contributed by atoms with Gasteiger partial charge in [0.2, 0.25) is 0 Å². The maximum atomic E-state index is 12.7. The molecule has 1 aliphatic heterocycles. The van der Waals surface area contributed by atoms with Crippen LogP contribution in [0.3, 0.4) is 0 Å². The van der Waals surface area contributed by atoms with Gasteiger partial charge in [0.1, 0.15) is 0 Å². The normalized spacial score (nSPS) is 14.1. The SMILES string of the molecule is CCCCCNC(=O)N(C(=O)NCCCCC)C(=O)N1CCNCC1. The summed E-state index contributed by atoms with van der Waals surface area (Å²) in [5, 5.41) is 8.52. The number of unbranched alkanes of at least 4 members (excludes halogenated alkanes) is 4. The molecule has 0 radical (unpaired) electrons. The third-order valence-electron chi connectivity index (χ3n) is 4.10. The zero-order valence-electron chi connectivity index (χ0n) is 15.6. The van der Waals surface area contributed by atoms with Gasteiger partial charge in [0.15, 0.2) is 0 Å². The summed E-state index contributed by atoms with van der Waals surface area (Å²) < 4.78 is 0. The van der Waals surface area contributed by atoms with Crippen LogP contribution < -0.4 is 16.0 Å². The third kappa shape index (κ3) is 7.72. The van der Waals surface area contributed by atoms with Gasteiger partial charge in [0, 0.05) is 39.3 Å². The van der Waals surface area contributed by atoms with E-state index in [-0.39, 0.29) is 0 Å². The zero-order chi connectivity index (χ0) is 18.5. The highest BCUT2D eigenvalue weighted by Gasteiger charge is 2.32. The average Bonchev–Trinajstić information content (AvgIpc) is 2.63. The van der Waals surface area contributed by atoms with Gasteiger partial charge in [-0.2, -0.15) is 4.90 Å². The molecule has 6 amide bonds. The summed E-state index contributed by atoms with van der Waals surface area (Å²) >= 11 is 0. The molecule has 0 bridgehead atoms. The third-order valence-corrected chi connectivity index (χ3v) is 4.10. The average molecular weight is 355 g/mol. The van der Waals surface area contributed by atoms with Crippen LogP contribution >= 0.6 is 0 Å². The molecule has 0 aromatic heterocycles. The van der Waals surface area contributed by atoms with Gasteiger partial charge in [-0.1, -0.05) is 39.5 Å². The second-order valence-electron chi connectivity index (χ2n) is 6.23. The van der Waals surface area contributed by atoms with Crippen LogP contribution in [0.4, 0.5) is 14.4 Å². The number of carbonyl (C=O) groups excluding carboxylic acids is 3. The molecule has 0 atom stereocenters. The highest BCUT2D eigenvalue weighted by molar-refractivity contribution is 6.09. The Morgan fingerprint density at radius 3 is 1.80 bits per heavy atom. The minimum atomic E-state index is -0.646. The summed E-state index contributed by atoms with van der Waals surface area (Å²) in [4.78, 5) is 39.7. The van der Waals surface area contributed by atoms with Gasteiger partial charge >= 0.3 is 18.1 Å². The van der Waals surface area contributed by atoms with Crippen molar-refractivity contribution in [1.82, 2.24) is 25.8 Å². The van der Waals surface area contributed by atoms with Crippen molar-refractivity contribution >= 4 is 18.1 Å². The predicted octanol–water partition coefficient (Wildman–Crippen LogP) is 2.11. The Balaban J connectivity index is 2.65. The minimum Gasteiger partial charge on any atom is -0.337 e. The second kappa shape index (κ2) is 12.5. The standard InChI is InChI=1S/C17H33N5O3/c1-3-5-7-9-19-15(23)22(16(24)20-10-8-6-4-2)17(25)21-13-11-18-12-14-21/h18H,3-14H2,1-2H3,(H,19,23)(H,20,24). The monoisotopic (exact) mass is 355 g/mol. The van der Waals surface area contributed by atoms with Crippen LogP contribution in [0.5, 0.6) is 0 Å². The molecule has 1 heterocycles. The van der Waals surface area contributed by atoms with Crippen LogP contribution in [0.2, 0.25) is 0 Å². The number of amides is 6. The van der Waals surface area contributed by atoms with Crippen molar-refractivity contribution < 1.29 is 14.4 Å². The first-order chi connectivity index (χ1) is 12.1. The zero-order valence-corrected chi connectivity index (χ0v) is 15.6. The topological polar surface area (TPSA) is 93.8 Å². The molecular formula is C17H33N5O3. The number of imide groups is 3. The van der Waals surface area contributed by atoms with E-state index in [2.05, 4.69) is 29.8 Å². The van der Waals surface area contributed by atoms with Crippen LogP contribution in [0.15, 0.2) is 0 Å². The van der Waals surface area contributed by atoms with E-state index in [1.807, 2.05) is 0 Å². The fourth-order valence-electron chi connectivity index (χ4n) is 2.56. The number of rotatable bonds is 8. The van der Waals surface area contributed by atoms with Crippen molar-refractivity contribution in [3.63, 3.8) is 0 Å². The highest BCUT2D eigenvalue weighted by atomic mass is 16.2. The molecule has 0 saturated carbocycles. The number of hydrogen-bond donors (Lipinski definition) is 3. The lowest BCUT2D eigenvalue weighted by Gasteiger charge is -2.31. The van der Waals surface area contributed by atoms with E-state index in [4.69, 9.17) is 0 Å². The first-order valence-corrected chi connectivity index (χ1v) is 9.47. The van der Waals surface area contributed by atoms with Crippen molar-refractivity contribution in [2.45, 2.75) is 52.4 Å². The number of piperazine rings is 1. The summed E-state index contributed by atoms with van der Waals surface area (Å²) in [5.74, 6) is 0. The van der Waals surface area contributed by atoms with E-state index in [1.54, 1.807) is 0 Å². The molecule has 1 saturated heterocycles. The molecule has 0 aromatic rings. The summed E-state index contributed by atoms with van der Waals surface area (Å²) in [6, 6.07) is -1.84. The maximum absolute atomic E-state index is 12.7. The smallest absolute Gasteiger partial charge is 0.336 e.